The fourth-order valence-corrected chi connectivity index (χ4v) is 3.30. The number of furan rings is 1. The number of hydrogen-bond acceptors (Lipinski definition) is 3. The first-order valence-electron chi connectivity index (χ1n) is 10.7. The van der Waals surface area contributed by atoms with E-state index in [1.54, 1.807) is 35.4 Å². The number of nitrogens with one attached hydrogen (secondary N) is 1. The number of amides is 3. The normalized spacial score (nSPS) is 10.6. The molecule has 0 aliphatic carbocycles. The summed E-state index contributed by atoms with van der Waals surface area (Å²) in [6, 6.07) is 18.9. The van der Waals surface area contributed by atoms with Gasteiger partial charge in [-0.2, -0.15) is 0 Å². The second-order valence-electron chi connectivity index (χ2n) is 7.52. The highest BCUT2D eigenvalue weighted by atomic mass is 19.1. The number of rotatable bonds is 10. The van der Waals surface area contributed by atoms with Crippen LogP contribution in [0, 0.1) is 5.82 Å². The van der Waals surface area contributed by atoms with Crippen LogP contribution >= 0.6 is 0 Å². The lowest BCUT2D eigenvalue weighted by Crippen LogP contribution is -2.46. The number of benzene rings is 2. The van der Waals surface area contributed by atoms with Crippen molar-refractivity contribution in [3.05, 3.63) is 95.7 Å². The topological polar surface area (TPSA) is 65.8 Å². The van der Waals surface area contributed by atoms with Gasteiger partial charge in [-0.1, -0.05) is 49.4 Å². The number of nitrogens with zero attached hydrogens (tertiary/aromatic N) is 2. The standard InChI is InChI=1S/C25H28FN3O3/c1-2-14-28(25(31)27-16-20-7-4-3-5-8-20)19-24(30)29(18-23-9-6-15-32-23)17-21-10-12-22(26)13-11-21/h3-13,15H,2,14,16-19H2,1H3,(H,27,31). The first-order valence-corrected chi connectivity index (χ1v) is 10.7. The van der Waals surface area contributed by atoms with E-state index in [0.717, 1.165) is 17.5 Å². The molecule has 3 amide bonds. The van der Waals surface area contributed by atoms with Crippen molar-refractivity contribution in [3.63, 3.8) is 0 Å². The van der Waals surface area contributed by atoms with Crippen LogP contribution in [0.4, 0.5) is 9.18 Å². The van der Waals surface area contributed by atoms with Crippen LogP contribution in [0.25, 0.3) is 0 Å². The lowest BCUT2D eigenvalue weighted by atomic mass is 10.2. The fraction of sp³-hybridized carbons (Fsp3) is 0.280. The van der Waals surface area contributed by atoms with Crippen molar-refractivity contribution in [2.75, 3.05) is 13.1 Å². The summed E-state index contributed by atoms with van der Waals surface area (Å²) in [5, 5.41) is 2.89. The summed E-state index contributed by atoms with van der Waals surface area (Å²) in [7, 11) is 0. The molecule has 0 fully saturated rings. The molecule has 0 spiro atoms. The van der Waals surface area contributed by atoms with Crippen LogP contribution in [0.3, 0.4) is 0 Å². The second kappa shape index (κ2) is 11.7. The van der Waals surface area contributed by atoms with Gasteiger partial charge in [0, 0.05) is 19.6 Å². The Labute approximate surface area is 187 Å². The minimum atomic E-state index is -0.332. The van der Waals surface area contributed by atoms with Gasteiger partial charge in [0.15, 0.2) is 0 Å². The minimum Gasteiger partial charge on any atom is -0.467 e. The Hall–Kier alpha value is -3.61. The highest BCUT2D eigenvalue weighted by Crippen LogP contribution is 2.13. The predicted molar refractivity (Wildman–Crippen MR) is 120 cm³/mol. The molecule has 0 aliphatic heterocycles. The fourth-order valence-electron chi connectivity index (χ4n) is 3.30. The van der Waals surface area contributed by atoms with Crippen molar-refractivity contribution in [2.24, 2.45) is 0 Å². The van der Waals surface area contributed by atoms with Crippen molar-refractivity contribution in [1.82, 2.24) is 15.1 Å². The van der Waals surface area contributed by atoms with E-state index in [1.165, 1.54) is 17.0 Å². The van der Waals surface area contributed by atoms with E-state index in [1.807, 2.05) is 37.3 Å². The molecule has 32 heavy (non-hydrogen) atoms. The van der Waals surface area contributed by atoms with E-state index < -0.39 is 0 Å². The Morgan fingerprint density at radius 2 is 1.66 bits per heavy atom. The molecule has 0 saturated carbocycles. The SMILES string of the molecule is CCCN(CC(=O)N(Cc1ccc(F)cc1)Cc1ccco1)C(=O)NCc1ccccc1. The summed E-state index contributed by atoms with van der Waals surface area (Å²) in [5.74, 6) is 0.0898. The van der Waals surface area contributed by atoms with Crippen molar-refractivity contribution in [3.8, 4) is 0 Å². The largest absolute Gasteiger partial charge is 0.467 e. The highest BCUT2D eigenvalue weighted by Gasteiger charge is 2.22. The Bertz CT molecular complexity index is 975. The molecule has 3 aromatic rings. The summed E-state index contributed by atoms with van der Waals surface area (Å²) in [6.45, 7) is 3.29. The van der Waals surface area contributed by atoms with Crippen molar-refractivity contribution >= 4 is 11.9 Å². The molecule has 3 rings (SSSR count). The van der Waals surface area contributed by atoms with E-state index >= 15 is 0 Å². The molecule has 1 heterocycles. The van der Waals surface area contributed by atoms with Crippen LogP contribution in [0.1, 0.15) is 30.2 Å². The first kappa shape index (κ1) is 23.1. The predicted octanol–water partition coefficient (Wildman–Crippen LogP) is 4.57. The molecule has 0 atom stereocenters. The lowest BCUT2D eigenvalue weighted by Gasteiger charge is -2.27. The molecule has 0 aliphatic rings. The number of hydrogen-bond donors (Lipinski definition) is 1. The van der Waals surface area contributed by atoms with E-state index in [4.69, 9.17) is 4.42 Å². The maximum Gasteiger partial charge on any atom is 0.318 e. The average molecular weight is 438 g/mol. The summed E-state index contributed by atoms with van der Waals surface area (Å²) in [4.78, 5) is 29.1. The summed E-state index contributed by atoms with van der Waals surface area (Å²) < 4.78 is 18.7. The van der Waals surface area contributed by atoms with E-state index in [2.05, 4.69) is 5.32 Å². The van der Waals surface area contributed by atoms with Gasteiger partial charge in [0.05, 0.1) is 12.8 Å². The van der Waals surface area contributed by atoms with Crippen LogP contribution < -0.4 is 5.32 Å². The summed E-state index contributed by atoms with van der Waals surface area (Å²) in [5.41, 5.74) is 1.78. The Balaban J connectivity index is 1.67. The van der Waals surface area contributed by atoms with E-state index in [0.29, 0.717) is 18.8 Å². The molecule has 168 valence electrons. The van der Waals surface area contributed by atoms with Gasteiger partial charge in [-0.05, 0) is 41.8 Å². The number of carbonyl (C=O) groups is 2. The molecule has 2 aromatic carbocycles. The number of halogens is 1. The van der Waals surface area contributed by atoms with Crippen molar-refractivity contribution in [2.45, 2.75) is 33.0 Å². The van der Waals surface area contributed by atoms with Gasteiger partial charge >= 0.3 is 6.03 Å². The van der Waals surface area contributed by atoms with Gasteiger partial charge in [0.2, 0.25) is 5.91 Å². The van der Waals surface area contributed by atoms with Crippen LogP contribution in [0.15, 0.2) is 77.4 Å². The van der Waals surface area contributed by atoms with E-state index in [-0.39, 0.29) is 37.4 Å². The monoisotopic (exact) mass is 437 g/mol. The van der Waals surface area contributed by atoms with Gasteiger partial charge in [0.1, 0.15) is 18.1 Å². The molecule has 6 nitrogen and oxygen atoms in total. The third kappa shape index (κ3) is 6.97. The maximum absolute atomic E-state index is 13.3. The highest BCUT2D eigenvalue weighted by molar-refractivity contribution is 5.84. The molecule has 7 heteroatoms. The summed E-state index contributed by atoms with van der Waals surface area (Å²) in [6.07, 6.45) is 2.28. The van der Waals surface area contributed by atoms with Gasteiger partial charge < -0.3 is 19.5 Å². The van der Waals surface area contributed by atoms with Gasteiger partial charge in [-0.3, -0.25) is 4.79 Å². The first-order chi connectivity index (χ1) is 15.5. The third-order valence-corrected chi connectivity index (χ3v) is 4.96. The quantitative estimate of drug-likeness (QED) is 0.505. The molecule has 0 bridgehead atoms. The second-order valence-corrected chi connectivity index (χ2v) is 7.52. The number of urea groups is 1. The molecule has 0 unspecified atom stereocenters. The Morgan fingerprint density at radius 1 is 0.906 bits per heavy atom. The molecular formula is C25H28FN3O3. The smallest absolute Gasteiger partial charge is 0.318 e. The van der Waals surface area contributed by atoms with Crippen molar-refractivity contribution < 1.29 is 18.4 Å². The van der Waals surface area contributed by atoms with Crippen LogP contribution in [-0.2, 0) is 24.4 Å². The molecule has 0 saturated heterocycles. The van der Waals surface area contributed by atoms with Crippen LogP contribution in [0.5, 0.6) is 0 Å². The van der Waals surface area contributed by atoms with Gasteiger partial charge in [-0.15, -0.1) is 0 Å². The Morgan fingerprint density at radius 3 is 2.31 bits per heavy atom. The number of carbonyl (C=O) groups excluding carboxylic acids is 2. The van der Waals surface area contributed by atoms with Crippen LogP contribution in [-0.4, -0.2) is 34.8 Å². The van der Waals surface area contributed by atoms with E-state index in [9.17, 15) is 14.0 Å². The summed E-state index contributed by atoms with van der Waals surface area (Å²) >= 11 is 0. The third-order valence-electron chi connectivity index (χ3n) is 4.96. The Kier molecular flexibility index (Phi) is 8.43. The van der Waals surface area contributed by atoms with Crippen molar-refractivity contribution in [1.29, 1.82) is 0 Å². The molecule has 1 aromatic heterocycles. The zero-order chi connectivity index (χ0) is 22.8. The zero-order valence-electron chi connectivity index (χ0n) is 18.2. The lowest BCUT2D eigenvalue weighted by molar-refractivity contribution is -0.133. The van der Waals surface area contributed by atoms with Crippen LogP contribution in [0.2, 0.25) is 0 Å². The van der Waals surface area contributed by atoms with Gasteiger partial charge in [-0.25, -0.2) is 9.18 Å². The zero-order valence-corrected chi connectivity index (χ0v) is 18.2. The van der Waals surface area contributed by atoms with Gasteiger partial charge in [0.25, 0.3) is 0 Å². The maximum atomic E-state index is 13.3. The molecular weight excluding hydrogens is 409 g/mol. The minimum absolute atomic E-state index is 0.0592. The average Bonchev–Trinajstić information content (AvgIpc) is 3.32. The molecule has 0 radical (unpaired) electrons. The molecule has 1 N–H and O–H groups in total.